The second-order valence-corrected chi connectivity index (χ2v) is 6.38. The van der Waals surface area contributed by atoms with E-state index in [1.165, 1.54) is 44.9 Å². The van der Waals surface area contributed by atoms with E-state index < -0.39 is 0 Å². The van der Waals surface area contributed by atoms with Gasteiger partial charge in [0.1, 0.15) is 11.6 Å². The van der Waals surface area contributed by atoms with Crippen LogP contribution in [0, 0.1) is 5.92 Å². The van der Waals surface area contributed by atoms with Crippen LogP contribution in [0.25, 0.3) is 0 Å². The highest BCUT2D eigenvalue weighted by atomic mass is 35.5. The first kappa shape index (κ1) is 16.8. The third-order valence-electron chi connectivity index (χ3n) is 4.67. The molecule has 21 heavy (non-hydrogen) atoms. The predicted molar refractivity (Wildman–Crippen MR) is 85.7 cm³/mol. The van der Waals surface area contributed by atoms with Gasteiger partial charge >= 0.3 is 0 Å². The van der Waals surface area contributed by atoms with Crippen LogP contribution in [-0.4, -0.2) is 28.5 Å². The first-order valence-electron chi connectivity index (χ1n) is 8.27. The van der Waals surface area contributed by atoms with Gasteiger partial charge < -0.3 is 9.30 Å². The fourth-order valence-corrected chi connectivity index (χ4v) is 3.58. The Labute approximate surface area is 133 Å². The number of unbranched alkanes of at least 4 members (excludes halogenated alkanes) is 1. The van der Waals surface area contributed by atoms with E-state index in [1.54, 1.807) is 7.11 Å². The van der Waals surface area contributed by atoms with Crippen LogP contribution >= 0.6 is 11.6 Å². The molecule has 0 aromatic carbocycles. The van der Waals surface area contributed by atoms with Gasteiger partial charge in [-0.05, 0) is 31.6 Å². The molecule has 1 aliphatic carbocycles. The smallest absolute Gasteiger partial charge is 0.148 e. The van der Waals surface area contributed by atoms with Crippen LogP contribution in [0.5, 0.6) is 0 Å². The van der Waals surface area contributed by atoms with Crippen LogP contribution < -0.4 is 0 Å². The van der Waals surface area contributed by atoms with E-state index >= 15 is 0 Å². The number of nitrogens with zero attached hydrogens (tertiary/aromatic N) is 3. The topological polar surface area (TPSA) is 39.9 Å². The monoisotopic (exact) mass is 313 g/mol. The number of methoxy groups -OCH3 is 1. The maximum Gasteiger partial charge on any atom is 0.148 e. The zero-order valence-corrected chi connectivity index (χ0v) is 14.1. The molecule has 4 nitrogen and oxygen atoms in total. The predicted octanol–water partition coefficient (Wildman–Crippen LogP) is 4.13. The van der Waals surface area contributed by atoms with Crippen molar-refractivity contribution in [2.45, 2.75) is 70.2 Å². The summed E-state index contributed by atoms with van der Waals surface area (Å²) in [7, 11) is 1.73. The molecule has 0 bridgehead atoms. The Kier molecular flexibility index (Phi) is 6.97. The van der Waals surface area contributed by atoms with Crippen molar-refractivity contribution in [3.63, 3.8) is 0 Å². The summed E-state index contributed by atoms with van der Waals surface area (Å²) in [5.41, 5.74) is 0. The molecule has 0 radical (unpaired) electrons. The summed E-state index contributed by atoms with van der Waals surface area (Å²) >= 11 is 5.98. The van der Waals surface area contributed by atoms with E-state index in [4.69, 9.17) is 16.3 Å². The van der Waals surface area contributed by atoms with Crippen LogP contribution in [0.4, 0.5) is 0 Å². The molecule has 120 valence electrons. The Morgan fingerprint density at radius 1 is 1.24 bits per heavy atom. The van der Waals surface area contributed by atoms with E-state index in [0.29, 0.717) is 18.4 Å². The average molecular weight is 314 g/mol. The fourth-order valence-electron chi connectivity index (χ4n) is 3.38. The third kappa shape index (κ3) is 4.43. The summed E-state index contributed by atoms with van der Waals surface area (Å²) in [6, 6.07) is 0. The van der Waals surface area contributed by atoms with Crippen LogP contribution in [-0.2, 0) is 17.2 Å². The Bertz CT molecular complexity index is 414. The minimum atomic E-state index is 0.419. The van der Waals surface area contributed by atoms with E-state index in [1.807, 2.05) is 0 Å². The molecule has 5 heteroatoms. The van der Waals surface area contributed by atoms with Crippen molar-refractivity contribution < 1.29 is 4.74 Å². The standard InChI is InChI=1S/C16H28ClN3O/c1-3-4-5-13-6-8-14(9-7-13)16-19-18-15(12-17)20(16)10-11-21-2/h13-14H,3-12H2,1-2H3. The molecule has 1 saturated carbocycles. The van der Waals surface area contributed by atoms with E-state index in [-0.39, 0.29) is 0 Å². The van der Waals surface area contributed by atoms with Gasteiger partial charge in [0.15, 0.2) is 0 Å². The van der Waals surface area contributed by atoms with Gasteiger partial charge in [0.25, 0.3) is 0 Å². The quantitative estimate of drug-likeness (QED) is 0.678. The molecule has 0 atom stereocenters. The minimum Gasteiger partial charge on any atom is -0.383 e. The van der Waals surface area contributed by atoms with Gasteiger partial charge in [0.05, 0.1) is 12.5 Å². The molecule has 0 saturated heterocycles. The Hall–Kier alpha value is -0.610. The van der Waals surface area contributed by atoms with Crippen molar-refractivity contribution in [1.82, 2.24) is 14.8 Å². The summed E-state index contributed by atoms with van der Waals surface area (Å²) < 4.78 is 7.37. The number of hydrogen-bond donors (Lipinski definition) is 0. The largest absolute Gasteiger partial charge is 0.383 e. The Balaban J connectivity index is 1.97. The molecule has 1 aromatic rings. The lowest BCUT2D eigenvalue weighted by Gasteiger charge is -2.28. The molecule has 0 aliphatic heterocycles. The minimum absolute atomic E-state index is 0.419. The first-order valence-corrected chi connectivity index (χ1v) is 8.80. The van der Waals surface area contributed by atoms with E-state index in [0.717, 1.165) is 24.1 Å². The molecule has 0 N–H and O–H groups in total. The fraction of sp³-hybridized carbons (Fsp3) is 0.875. The van der Waals surface area contributed by atoms with E-state index in [9.17, 15) is 0 Å². The molecule has 0 spiro atoms. The molecule has 2 rings (SSSR count). The van der Waals surface area contributed by atoms with Crippen LogP contribution in [0.1, 0.15) is 69.4 Å². The van der Waals surface area contributed by atoms with Crippen molar-refractivity contribution >= 4 is 11.6 Å². The zero-order valence-electron chi connectivity index (χ0n) is 13.4. The summed E-state index contributed by atoms with van der Waals surface area (Å²) in [5.74, 6) is 3.88. The molecule has 1 heterocycles. The molecule has 0 amide bonds. The number of aromatic nitrogens is 3. The molecule has 1 aromatic heterocycles. The third-order valence-corrected chi connectivity index (χ3v) is 4.91. The maximum absolute atomic E-state index is 5.98. The number of ether oxygens (including phenoxy) is 1. The second kappa shape index (κ2) is 8.74. The molecular weight excluding hydrogens is 286 g/mol. The van der Waals surface area contributed by atoms with Gasteiger partial charge in [-0.15, -0.1) is 21.8 Å². The second-order valence-electron chi connectivity index (χ2n) is 6.11. The summed E-state index contributed by atoms with van der Waals surface area (Å²) in [6.45, 7) is 3.76. The highest BCUT2D eigenvalue weighted by Gasteiger charge is 2.26. The highest BCUT2D eigenvalue weighted by molar-refractivity contribution is 6.16. The van der Waals surface area contributed by atoms with Crippen LogP contribution in [0.3, 0.4) is 0 Å². The number of halogens is 1. The zero-order chi connectivity index (χ0) is 15.1. The first-order chi connectivity index (χ1) is 10.3. The summed E-state index contributed by atoms with van der Waals surface area (Å²) in [6.07, 6.45) is 9.21. The molecule has 1 aliphatic rings. The lowest BCUT2D eigenvalue weighted by molar-refractivity contribution is 0.184. The van der Waals surface area contributed by atoms with E-state index in [2.05, 4.69) is 21.7 Å². The Morgan fingerprint density at radius 2 is 2.00 bits per heavy atom. The van der Waals surface area contributed by atoms with Crippen LogP contribution in [0.15, 0.2) is 0 Å². The molecule has 0 unspecified atom stereocenters. The number of hydrogen-bond acceptors (Lipinski definition) is 3. The average Bonchev–Trinajstić information content (AvgIpc) is 2.94. The van der Waals surface area contributed by atoms with Crippen molar-refractivity contribution in [1.29, 1.82) is 0 Å². The van der Waals surface area contributed by atoms with Crippen molar-refractivity contribution in [3.8, 4) is 0 Å². The summed E-state index contributed by atoms with van der Waals surface area (Å²) in [4.78, 5) is 0. The normalized spacial score (nSPS) is 22.6. The SMILES string of the molecule is CCCCC1CCC(c2nnc(CCl)n2CCOC)CC1. The number of rotatable bonds is 8. The van der Waals surface area contributed by atoms with Gasteiger partial charge in [-0.25, -0.2) is 0 Å². The highest BCUT2D eigenvalue weighted by Crippen LogP contribution is 2.37. The van der Waals surface area contributed by atoms with Gasteiger partial charge in [-0.2, -0.15) is 0 Å². The van der Waals surface area contributed by atoms with Gasteiger partial charge in [0, 0.05) is 19.6 Å². The van der Waals surface area contributed by atoms with Gasteiger partial charge in [-0.3, -0.25) is 0 Å². The summed E-state index contributed by atoms with van der Waals surface area (Å²) in [5, 5.41) is 8.68. The lowest BCUT2D eigenvalue weighted by Crippen LogP contribution is -2.19. The lowest BCUT2D eigenvalue weighted by atomic mass is 9.79. The van der Waals surface area contributed by atoms with Crippen LogP contribution in [0.2, 0.25) is 0 Å². The van der Waals surface area contributed by atoms with Crippen molar-refractivity contribution in [2.75, 3.05) is 13.7 Å². The molecular formula is C16H28ClN3O. The van der Waals surface area contributed by atoms with Crippen molar-refractivity contribution in [2.24, 2.45) is 5.92 Å². The number of alkyl halides is 1. The maximum atomic E-state index is 5.98. The van der Waals surface area contributed by atoms with Gasteiger partial charge in [-0.1, -0.05) is 26.2 Å². The molecule has 1 fully saturated rings. The van der Waals surface area contributed by atoms with Gasteiger partial charge in [0.2, 0.25) is 0 Å². The van der Waals surface area contributed by atoms with Crippen molar-refractivity contribution in [3.05, 3.63) is 11.6 Å². The Morgan fingerprint density at radius 3 is 2.62 bits per heavy atom.